The lowest BCUT2D eigenvalue weighted by molar-refractivity contribution is 0.520. The van der Waals surface area contributed by atoms with E-state index in [0.29, 0.717) is 10.6 Å². The molecule has 6 nitrogen and oxygen atoms in total. The third-order valence-electron chi connectivity index (χ3n) is 4.20. The number of anilines is 2. The second-order valence-corrected chi connectivity index (χ2v) is 10.9. The van der Waals surface area contributed by atoms with Crippen LogP contribution in [0.3, 0.4) is 0 Å². The van der Waals surface area contributed by atoms with Crippen molar-refractivity contribution in [2.75, 3.05) is 19.4 Å². The van der Waals surface area contributed by atoms with Crippen molar-refractivity contribution in [3.63, 3.8) is 0 Å². The summed E-state index contributed by atoms with van der Waals surface area (Å²) in [7, 11) is -0.371. The van der Waals surface area contributed by atoms with Gasteiger partial charge in [-0.15, -0.1) is 10.2 Å². The van der Waals surface area contributed by atoms with E-state index in [2.05, 4.69) is 41.5 Å². The van der Waals surface area contributed by atoms with Crippen LogP contribution >= 0.6 is 23.1 Å². The van der Waals surface area contributed by atoms with Crippen molar-refractivity contribution in [1.29, 1.82) is 0 Å². The fourth-order valence-electron chi connectivity index (χ4n) is 2.41. The van der Waals surface area contributed by atoms with Gasteiger partial charge in [0.25, 0.3) is 0 Å². The lowest BCUT2D eigenvalue weighted by Crippen LogP contribution is -2.22. The van der Waals surface area contributed by atoms with Crippen LogP contribution in [0.4, 0.5) is 10.8 Å². The Morgan fingerprint density at radius 1 is 1.07 bits per heavy atom. The van der Waals surface area contributed by atoms with Crippen LogP contribution in [0.15, 0.2) is 51.7 Å². The Balaban J connectivity index is 1.65. The van der Waals surface area contributed by atoms with Gasteiger partial charge in [0.1, 0.15) is 0 Å². The summed E-state index contributed by atoms with van der Waals surface area (Å²) in [5, 5.41) is 12.4. The topological polar surface area (TPSA) is 75.2 Å². The largest absolute Gasteiger partial charge is 0.330 e. The summed E-state index contributed by atoms with van der Waals surface area (Å²) >= 11 is 3.01. The molecule has 0 bridgehead atoms. The lowest BCUT2D eigenvalue weighted by Gasteiger charge is -2.12. The number of aryl methyl sites for hydroxylation is 2. The summed E-state index contributed by atoms with van der Waals surface area (Å²) in [5.41, 5.74) is 4.37. The Morgan fingerprint density at radius 3 is 2.57 bits per heavy atom. The third kappa shape index (κ3) is 4.91. The molecule has 0 saturated carbocycles. The number of rotatable bonds is 7. The summed E-state index contributed by atoms with van der Waals surface area (Å²) in [5.74, 6) is 0.620. The third-order valence-corrected chi connectivity index (χ3v) is 8.06. The molecule has 2 aromatic carbocycles. The van der Waals surface area contributed by atoms with Gasteiger partial charge in [-0.25, -0.2) is 12.7 Å². The van der Waals surface area contributed by atoms with Crippen LogP contribution in [0.1, 0.15) is 16.7 Å². The molecule has 148 valence electrons. The summed E-state index contributed by atoms with van der Waals surface area (Å²) in [6.07, 6.45) is 0. The molecule has 0 unspecified atom stereocenters. The zero-order valence-corrected chi connectivity index (χ0v) is 18.6. The molecular weight excluding hydrogens is 412 g/mol. The fraction of sp³-hybridized carbons (Fsp3) is 0.263. The summed E-state index contributed by atoms with van der Waals surface area (Å²) < 4.78 is 26.6. The molecule has 0 aliphatic heterocycles. The maximum Gasteiger partial charge on any atom is 0.242 e. The van der Waals surface area contributed by atoms with Crippen LogP contribution in [-0.2, 0) is 15.8 Å². The first-order valence-electron chi connectivity index (χ1n) is 8.58. The van der Waals surface area contributed by atoms with Crippen molar-refractivity contribution < 1.29 is 8.42 Å². The van der Waals surface area contributed by atoms with Gasteiger partial charge in [0.2, 0.25) is 15.2 Å². The van der Waals surface area contributed by atoms with E-state index in [1.54, 1.807) is 18.2 Å². The molecule has 0 atom stereocenters. The highest BCUT2D eigenvalue weighted by Crippen LogP contribution is 2.30. The van der Waals surface area contributed by atoms with Crippen molar-refractivity contribution in [3.05, 3.63) is 59.2 Å². The molecule has 0 fully saturated rings. The minimum absolute atomic E-state index is 0.296. The molecule has 1 N–H and O–H groups in total. The zero-order valence-electron chi connectivity index (χ0n) is 16.1. The highest BCUT2D eigenvalue weighted by Gasteiger charge is 2.17. The van der Waals surface area contributed by atoms with Gasteiger partial charge in [-0.05, 0) is 54.8 Å². The van der Waals surface area contributed by atoms with Crippen LogP contribution in [0, 0.1) is 13.8 Å². The van der Waals surface area contributed by atoms with Crippen LogP contribution in [0.5, 0.6) is 0 Å². The Hall–Kier alpha value is -1.94. The predicted molar refractivity (Wildman–Crippen MR) is 116 cm³/mol. The Kier molecular flexibility index (Phi) is 6.39. The minimum Gasteiger partial charge on any atom is -0.330 e. The van der Waals surface area contributed by atoms with Crippen LogP contribution in [-0.4, -0.2) is 37.0 Å². The van der Waals surface area contributed by atoms with Crippen molar-refractivity contribution >= 4 is 43.9 Å². The van der Waals surface area contributed by atoms with Crippen LogP contribution in [0.2, 0.25) is 0 Å². The number of sulfonamides is 1. The maximum atomic E-state index is 12.3. The first-order chi connectivity index (χ1) is 13.3. The van der Waals surface area contributed by atoms with Gasteiger partial charge in [-0.1, -0.05) is 41.3 Å². The molecule has 1 heterocycles. The standard InChI is InChI=1S/C19H22N4O2S3/c1-13-8-9-16(10-14(13)2)20-18-21-22-19(27-18)26-12-15-6-5-7-17(11-15)28(24,25)23(3)4/h5-11H,12H2,1-4H3,(H,20,21). The average molecular weight is 435 g/mol. The number of nitrogens with zero attached hydrogens (tertiary/aromatic N) is 3. The molecule has 0 radical (unpaired) electrons. The molecule has 0 saturated heterocycles. The first kappa shape index (κ1) is 20.8. The molecule has 0 aliphatic rings. The Bertz CT molecular complexity index is 1080. The highest BCUT2D eigenvalue weighted by molar-refractivity contribution is 8.00. The highest BCUT2D eigenvalue weighted by atomic mass is 32.2. The first-order valence-corrected chi connectivity index (χ1v) is 11.8. The van der Waals surface area contributed by atoms with E-state index in [-0.39, 0.29) is 0 Å². The number of aromatic nitrogens is 2. The molecule has 9 heteroatoms. The molecule has 0 amide bonds. The summed E-state index contributed by atoms with van der Waals surface area (Å²) in [6, 6.07) is 13.2. The predicted octanol–water partition coefficient (Wildman–Crippen LogP) is 4.44. The van der Waals surface area contributed by atoms with Gasteiger partial charge in [0.15, 0.2) is 4.34 Å². The van der Waals surface area contributed by atoms with E-state index in [4.69, 9.17) is 0 Å². The van der Waals surface area contributed by atoms with E-state index in [1.165, 1.54) is 52.6 Å². The molecular formula is C19H22N4O2S3. The number of hydrogen-bond acceptors (Lipinski definition) is 7. The smallest absolute Gasteiger partial charge is 0.242 e. The normalized spacial score (nSPS) is 11.8. The van der Waals surface area contributed by atoms with Crippen molar-refractivity contribution in [2.45, 2.75) is 28.8 Å². The van der Waals surface area contributed by atoms with Crippen molar-refractivity contribution in [3.8, 4) is 0 Å². The Labute approximate surface area is 174 Å². The summed E-state index contributed by atoms with van der Waals surface area (Å²) in [6.45, 7) is 4.16. The number of nitrogens with one attached hydrogen (secondary N) is 1. The lowest BCUT2D eigenvalue weighted by atomic mass is 10.1. The molecule has 0 spiro atoms. The number of hydrogen-bond donors (Lipinski definition) is 1. The van der Waals surface area contributed by atoms with Crippen molar-refractivity contribution in [2.24, 2.45) is 0 Å². The second-order valence-electron chi connectivity index (χ2n) is 6.52. The van der Waals surface area contributed by atoms with Gasteiger partial charge in [0.05, 0.1) is 4.90 Å². The van der Waals surface area contributed by atoms with Gasteiger partial charge in [-0.2, -0.15) is 0 Å². The van der Waals surface area contributed by atoms with E-state index >= 15 is 0 Å². The molecule has 1 aromatic heterocycles. The monoisotopic (exact) mass is 434 g/mol. The van der Waals surface area contributed by atoms with Crippen molar-refractivity contribution in [1.82, 2.24) is 14.5 Å². The van der Waals surface area contributed by atoms with Gasteiger partial charge in [0, 0.05) is 25.5 Å². The molecule has 28 heavy (non-hydrogen) atoms. The minimum atomic E-state index is -3.43. The van der Waals surface area contributed by atoms with Crippen LogP contribution < -0.4 is 5.32 Å². The van der Waals surface area contributed by atoms with E-state index in [0.717, 1.165) is 20.7 Å². The number of thioether (sulfide) groups is 1. The van der Waals surface area contributed by atoms with E-state index in [9.17, 15) is 8.42 Å². The van der Waals surface area contributed by atoms with E-state index < -0.39 is 10.0 Å². The molecule has 3 rings (SSSR count). The average Bonchev–Trinajstić information content (AvgIpc) is 3.10. The van der Waals surface area contributed by atoms with Gasteiger partial charge < -0.3 is 5.32 Å². The summed E-state index contributed by atoms with van der Waals surface area (Å²) in [4.78, 5) is 0.296. The SMILES string of the molecule is Cc1ccc(Nc2nnc(SCc3cccc(S(=O)(=O)N(C)C)c3)s2)cc1C. The fourth-order valence-corrected chi connectivity index (χ4v) is 5.10. The number of benzene rings is 2. The zero-order chi connectivity index (χ0) is 20.3. The second kappa shape index (κ2) is 8.60. The Morgan fingerprint density at radius 2 is 1.86 bits per heavy atom. The van der Waals surface area contributed by atoms with Crippen LogP contribution in [0.25, 0.3) is 0 Å². The maximum absolute atomic E-state index is 12.3. The van der Waals surface area contributed by atoms with Gasteiger partial charge >= 0.3 is 0 Å². The quantitative estimate of drug-likeness (QED) is 0.554. The van der Waals surface area contributed by atoms with E-state index in [1.807, 2.05) is 12.1 Å². The molecule has 3 aromatic rings. The molecule has 0 aliphatic carbocycles. The van der Waals surface area contributed by atoms with Gasteiger partial charge in [-0.3, -0.25) is 0 Å².